The molecular formula is C11H15NOS. The van der Waals surface area contributed by atoms with E-state index in [0.29, 0.717) is 6.54 Å². The Morgan fingerprint density at radius 3 is 2.57 bits per heavy atom. The van der Waals surface area contributed by atoms with Gasteiger partial charge in [0.15, 0.2) is 0 Å². The molecule has 0 aliphatic carbocycles. The average molecular weight is 209 g/mol. The molecule has 3 N–H and O–H groups in total. The predicted molar refractivity (Wildman–Crippen MR) is 60.2 cm³/mol. The molecule has 2 nitrogen and oxygen atoms in total. The standard InChI is InChI=1S/C11H15NOS/c12-7-9-1-3-10(4-2-9)11(13)5-6-14-8-11/h1-4,13H,5-8,12H2. The highest BCUT2D eigenvalue weighted by Gasteiger charge is 2.33. The van der Waals surface area contributed by atoms with Crippen LogP contribution in [0.4, 0.5) is 0 Å². The smallest absolute Gasteiger partial charge is 0.0994 e. The number of benzene rings is 1. The van der Waals surface area contributed by atoms with E-state index < -0.39 is 5.60 Å². The summed E-state index contributed by atoms with van der Waals surface area (Å²) in [7, 11) is 0. The van der Waals surface area contributed by atoms with Crippen molar-refractivity contribution in [3.05, 3.63) is 35.4 Å². The maximum Gasteiger partial charge on any atom is 0.0994 e. The van der Waals surface area contributed by atoms with Crippen LogP contribution in [0.2, 0.25) is 0 Å². The molecule has 0 radical (unpaired) electrons. The average Bonchev–Trinajstić information content (AvgIpc) is 2.67. The van der Waals surface area contributed by atoms with Gasteiger partial charge in [-0.3, -0.25) is 0 Å². The molecule has 1 fully saturated rings. The molecule has 1 saturated heterocycles. The summed E-state index contributed by atoms with van der Waals surface area (Å²) >= 11 is 1.81. The second-order valence-electron chi connectivity index (χ2n) is 3.74. The first-order valence-corrected chi connectivity index (χ1v) is 6.00. The molecule has 1 unspecified atom stereocenters. The Kier molecular flexibility index (Phi) is 2.81. The first kappa shape index (κ1) is 10.0. The van der Waals surface area contributed by atoms with Gasteiger partial charge < -0.3 is 10.8 Å². The highest BCUT2D eigenvalue weighted by molar-refractivity contribution is 7.99. The zero-order chi connectivity index (χ0) is 10.0. The van der Waals surface area contributed by atoms with Gasteiger partial charge in [-0.25, -0.2) is 0 Å². The van der Waals surface area contributed by atoms with E-state index in [1.54, 1.807) is 0 Å². The summed E-state index contributed by atoms with van der Waals surface area (Å²) in [5.41, 5.74) is 7.06. The SMILES string of the molecule is NCc1ccc(C2(O)CCSC2)cc1. The van der Waals surface area contributed by atoms with Gasteiger partial charge in [-0.1, -0.05) is 24.3 Å². The van der Waals surface area contributed by atoms with Crippen LogP contribution in [0.15, 0.2) is 24.3 Å². The highest BCUT2D eigenvalue weighted by atomic mass is 32.2. The fourth-order valence-electron chi connectivity index (χ4n) is 1.73. The van der Waals surface area contributed by atoms with Crippen molar-refractivity contribution in [2.24, 2.45) is 5.73 Å². The van der Waals surface area contributed by atoms with E-state index in [1.165, 1.54) is 0 Å². The molecule has 3 heteroatoms. The minimum atomic E-state index is -0.599. The Hall–Kier alpha value is -0.510. The van der Waals surface area contributed by atoms with Gasteiger partial charge in [0.25, 0.3) is 0 Å². The van der Waals surface area contributed by atoms with Crippen LogP contribution < -0.4 is 5.73 Å². The van der Waals surface area contributed by atoms with Crippen molar-refractivity contribution in [2.45, 2.75) is 18.6 Å². The Morgan fingerprint density at radius 1 is 1.36 bits per heavy atom. The molecule has 0 aromatic heterocycles. The van der Waals surface area contributed by atoms with E-state index in [0.717, 1.165) is 29.1 Å². The van der Waals surface area contributed by atoms with Crippen LogP contribution in [0.1, 0.15) is 17.5 Å². The monoisotopic (exact) mass is 209 g/mol. The van der Waals surface area contributed by atoms with Crippen LogP contribution in [0.5, 0.6) is 0 Å². The second-order valence-corrected chi connectivity index (χ2v) is 4.84. The van der Waals surface area contributed by atoms with Crippen molar-refractivity contribution in [3.63, 3.8) is 0 Å². The summed E-state index contributed by atoms with van der Waals surface area (Å²) < 4.78 is 0. The lowest BCUT2D eigenvalue weighted by atomic mass is 9.93. The van der Waals surface area contributed by atoms with E-state index in [1.807, 2.05) is 36.0 Å². The van der Waals surface area contributed by atoms with Crippen LogP contribution in [-0.2, 0) is 12.1 Å². The van der Waals surface area contributed by atoms with Crippen molar-refractivity contribution >= 4 is 11.8 Å². The Morgan fingerprint density at radius 2 is 2.07 bits per heavy atom. The van der Waals surface area contributed by atoms with Crippen molar-refractivity contribution in [2.75, 3.05) is 11.5 Å². The normalized spacial score (nSPS) is 26.7. The van der Waals surface area contributed by atoms with Crippen LogP contribution in [0, 0.1) is 0 Å². The Bertz CT molecular complexity index is 304. The lowest BCUT2D eigenvalue weighted by Gasteiger charge is -2.21. The Labute approximate surface area is 88.5 Å². The van der Waals surface area contributed by atoms with Gasteiger partial charge in [0, 0.05) is 12.3 Å². The maximum atomic E-state index is 10.3. The zero-order valence-corrected chi connectivity index (χ0v) is 8.89. The molecule has 1 atom stereocenters. The summed E-state index contributed by atoms with van der Waals surface area (Å²) in [5.74, 6) is 1.87. The third-order valence-corrected chi connectivity index (χ3v) is 3.90. The molecule has 0 saturated carbocycles. The van der Waals surface area contributed by atoms with Gasteiger partial charge in [0.05, 0.1) is 5.60 Å². The molecular weight excluding hydrogens is 194 g/mol. The van der Waals surface area contributed by atoms with E-state index in [-0.39, 0.29) is 0 Å². The molecule has 1 heterocycles. The third kappa shape index (κ3) is 1.80. The summed E-state index contributed by atoms with van der Waals surface area (Å²) in [6.07, 6.45) is 0.861. The number of hydrogen-bond acceptors (Lipinski definition) is 3. The lowest BCUT2D eigenvalue weighted by molar-refractivity contribution is 0.0657. The molecule has 1 aliphatic rings. The summed E-state index contributed by atoms with van der Waals surface area (Å²) in [6, 6.07) is 7.98. The van der Waals surface area contributed by atoms with E-state index in [9.17, 15) is 5.11 Å². The van der Waals surface area contributed by atoms with Gasteiger partial charge in [0.2, 0.25) is 0 Å². The largest absolute Gasteiger partial charge is 0.384 e. The third-order valence-electron chi connectivity index (χ3n) is 2.73. The first-order chi connectivity index (χ1) is 6.74. The quantitative estimate of drug-likeness (QED) is 0.775. The summed E-state index contributed by atoms with van der Waals surface area (Å²) in [6.45, 7) is 0.563. The highest BCUT2D eigenvalue weighted by Crippen LogP contribution is 2.36. The lowest BCUT2D eigenvalue weighted by Crippen LogP contribution is -2.24. The van der Waals surface area contributed by atoms with Crippen molar-refractivity contribution in [3.8, 4) is 0 Å². The van der Waals surface area contributed by atoms with Crippen LogP contribution in [0.25, 0.3) is 0 Å². The molecule has 1 aromatic carbocycles. The van der Waals surface area contributed by atoms with Gasteiger partial charge in [-0.05, 0) is 23.3 Å². The van der Waals surface area contributed by atoms with Crippen LogP contribution in [0.3, 0.4) is 0 Å². The van der Waals surface area contributed by atoms with Crippen molar-refractivity contribution in [1.82, 2.24) is 0 Å². The Balaban J connectivity index is 2.23. The number of nitrogens with two attached hydrogens (primary N) is 1. The number of thioether (sulfide) groups is 1. The molecule has 0 spiro atoms. The predicted octanol–water partition coefficient (Wildman–Crippen LogP) is 1.47. The van der Waals surface area contributed by atoms with Crippen molar-refractivity contribution < 1.29 is 5.11 Å². The van der Waals surface area contributed by atoms with Gasteiger partial charge in [-0.15, -0.1) is 0 Å². The summed E-state index contributed by atoms with van der Waals surface area (Å²) in [4.78, 5) is 0. The fourth-order valence-corrected chi connectivity index (χ4v) is 3.01. The van der Waals surface area contributed by atoms with Crippen LogP contribution >= 0.6 is 11.8 Å². The van der Waals surface area contributed by atoms with Gasteiger partial charge >= 0.3 is 0 Å². The topological polar surface area (TPSA) is 46.2 Å². The van der Waals surface area contributed by atoms with Crippen LogP contribution in [-0.4, -0.2) is 16.6 Å². The molecule has 0 bridgehead atoms. The fraction of sp³-hybridized carbons (Fsp3) is 0.455. The van der Waals surface area contributed by atoms with Gasteiger partial charge in [-0.2, -0.15) is 11.8 Å². The van der Waals surface area contributed by atoms with E-state index >= 15 is 0 Å². The number of aliphatic hydroxyl groups is 1. The molecule has 0 amide bonds. The minimum Gasteiger partial charge on any atom is -0.384 e. The maximum absolute atomic E-state index is 10.3. The van der Waals surface area contributed by atoms with Gasteiger partial charge in [0.1, 0.15) is 0 Å². The van der Waals surface area contributed by atoms with Crippen molar-refractivity contribution in [1.29, 1.82) is 0 Å². The first-order valence-electron chi connectivity index (χ1n) is 4.84. The molecule has 1 aliphatic heterocycles. The molecule has 2 rings (SSSR count). The molecule has 14 heavy (non-hydrogen) atoms. The van der Waals surface area contributed by atoms with E-state index in [2.05, 4.69) is 0 Å². The minimum absolute atomic E-state index is 0.563. The molecule has 76 valence electrons. The zero-order valence-electron chi connectivity index (χ0n) is 8.07. The summed E-state index contributed by atoms with van der Waals surface area (Å²) in [5, 5.41) is 10.3. The number of rotatable bonds is 2. The second kappa shape index (κ2) is 3.93. The van der Waals surface area contributed by atoms with E-state index in [4.69, 9.17) is 5.73 Å². The number of hydrogen-bond donors (Lipinski definition) is 2. The molecule has 1 aromatic rings.